The van der Waals surface area contributed by atoms with E-state index in [0.717, 1.165) is 0 Å². The molecule has 0 radical (unpaired) electrons. The maximum Gasteiger partial charge on any atom is 0.164 e. The van der Waals surface area contributed by atoms with Crippen molar-refractivity contribution in [1.82, 2.24) is 39.9 Å². The highest BCUT2D eigenvalue weighted by Gasteiger charge is 2.29. The van der Waals surface area contributed by atoms with Gasteiger partial charge in [-0.3, -0.25) is 0 Å². The molecule has 28 nitrogen and oxygen atoms in total. The summed E-state index contributed by atoms with van der Waals surface area (Å²) in [6, 6.07) is 14.9. The van der Waals surface area contributed by atoms with Crippen LogP contribution < -0.4 is 37.9 Å². The maximum atomic E-state index is 6.48. The minimum Gasteiger partial charge on any atom is -0.487 e. The molecule has 0 saturated heterocycles. The SMILES string of the molecule is c1c2c(cc3c1-c1nc4nc(nc5[nH]c(nc6[nH]c(nc-3n1)c1cc3c(cc61)OCCOCCOCCOCCO3)c1cc3c(cc51)OCCOCCOCCOCCO3)-c1cc3c(cc1-4)OCCOCCOCCOCCO3)OCCOCCOCCOCCO2. The molecular formula is C64H74N8O20. The molecule has 490 valence electrons. The van der Waals surface area contributed by atoms with Crippen molar-refractivity contribution < 1.29 is 94.7 Å². The third-order valence-corrected chi connectivity index (χ3v) is 14.9. The molecule has 8 bridgehead atoms. The minimum absolute atomic E-state index is 0.203. The van der Waals surface area contributed by atoms with Crippen molar-refractivity contribution in [2.45, 2.75) is 0 Å². The predicted octanol–water partition coefficient (Wildman–Crippen LogP) is 6.15. The summed E-state index contributed by atoms with van der Waals surface area (Å²) >= 11 is 0. The summed E-state index contributed by atoms with van der Waals surface area (Å²) in [4.78, 5) is 39.3. The maximum absolute atomic E-state index is 6.48. The van der Waals surface area contributed by atoms with Crippen molar-refractivity contribution in [3.63, 3.8) is 0 Å². The first-order valence-corrected chi connectivity index (χ1v) is 31.2. The standard InChI is InChI=1S/C64H74N8O20/c1-9-77-17-25-85-49-33-41-42(34-50(49)86-26-18-78-10-2-73-1)58-65-57(41)69-59-43-35-51-52(88-28-20-80-12-4-74-3-11-79-19-27-87-51)36-44(43)61(66-59)71-63-47-39-55-56(92-32-24-84-16-8-76-7-15-83-23-31-91-55)40-48(47)64(68-63)72-62-46-38-54-53(37-45(46)60(67-62)70-58)89-29-21-81-13-5-75-6-14-82-22-30-90-54/h33-40H,1-32H2,(H2,65,66,67,68,69,70,71,72). The van der Waals surface area contributed by atoms with Crippen molar-refractivity contribution in [3.8, 4) is 91.5 Å². The van der Waals surface area contributed by atoms with E-state index >= 15 is 0 Å². The molecule has 0 amide bonds. The van der Waals surface area contributed by atoms with Crippen LogP contribution in [0, 0.1) is 0 Å². The third kappa shape index (κ3) is 16.0. The van der Waals surface area contributed by atoms with Crippen LogP contribution in [-0.4, -0.2) is 251 Å². The zero-order chi connectivity index (χ0) is 61.9. The van der Waals surface area contributed by atoms with Gasteiger partial charge in [0, 0.05) is 43.8 Å². The van der Waals surface area contributed by atoms with Crippen LogP contribution in [0.5, 0.6) is 46.0 Å². The first kappa shape index (κ1) is 62.9. The lowest BCUT2D eigenvalue weighted by atomic mass is 10.1. The van der Waals surface area contributed by atoms with Crippen LogP contribution >= 0.6 is 0 Å². The van der Waals surface area contributed by atoms with Gasteiger partial charge in [-0.1, -0.05) is 0 Å². The average Bonchev–Trinajstić information content (AvgIpc) is 1.61. The van der Waals surface area contributed by atoms with Gasteiger partial charge in [-0.05, 0) is 48.5 Å². The normalized spacial score (nSPS) is 19.0. The Morgan fingerprint density at radius 2 is 0.348 bits per heavy atom. The van der Waals surface area contributed by atoms with Gasteiger partial charge < -0.3 is 105 Å². The first-order chi connectivity index (χ1) is 45.7. The highest BCUT2D eigenvalue weighted by molar-refractivity contribution is 6.09. The van der Waals surface area contributed by atoms with Gasteiger partial charge in [0.25, 0.3) is 0 Å². The predicted molar refractivity (Wildman–Crippen MR) is 330 cm³/mol. The summed E-state index contributed by atoms with van der Waals surface area (Å²) in [5.41, 5.74) is 3.86. The number of ether oxygens (including phenoxy) is 20. The van der Waals surface area contributed by atoms with Gasteiger partial charge in [-0.25, -0.2) is 29.9 Å². The number of nitrogens with zero attached hydrogens (tertiary/aromatic N) is 6. The molecule has 4 aromatic carbocycles. The number of H-pyrrole nitrogens is 2. The Hall–Kier alpha value is -7.84. The topological polar surface area (TPSA) is 294 Å². The number of benzene rings is 4. The van der Waals surface area contributed by atoms with E-state index in [-0.39, 0.29) is 103 Å². The van der Waals surface area contributed by atoms with E-state index in [2.05, 4.69) is 9.97 Å². The van der Waals surface area contributed by atoms with E-state index in [4.69, 9.17) is 125 Å². The molecule has 9 heterocycles. The van der Waals surface area contributed by atoms with Crippen molar-refractivity contribution in [3.05, 3.63) is 48.5 Å². The highest BCUT2D eigenvalue weighted by atomic mass is 16.6. The monoisotopic (exact) mass is 1270 g/mol. The first-order valence-electron chi connectivity index (χ1n) is 31.2. The summed E-state index contributed by atoms with van der Waals surface area (Å²) in [5, 5.41) is 2.50. The fraction of sp³-hybridized carbons (Fsp3) is 0.500. The summed E-state index contributed by atoms with van der Waals surface area (Å²) in [6.45, 7) is 10.5. The minimum atomic E-state index is 0.203. The van der Waals surface area contributed by atoms with Crippen LogP contribution in [-0.2, 0) is 56.8 Å². The van der Waals surface area contributed by atoms with Crippen molar-refractivity contribution in [1.29, 1.82) is 0 Å². The molecule has 2 N–H and O–H groups in total. The number of hydrogen-bond acceptors (Lipinski definition) is 26. The van der Waals surface area contributed by atoms with Crippen molar-refractivity contribution in [2.75, 3.05) is 211 Å². The van der Waals surface area contributed by atoms with Crippen LogP contribution in [0.15, 0.2) is 48.5 Å². The van der Waals surface area contributed by atoms with Crippen LogP contribution in [0.2, 0.25) is 0 Å². The van der Waals surface area contributed by atoms with Crippen LogP contribution in [0.1, 0.15) is 0 Å². The second kappa shape index (κ2) is 32.1. The van der Waals surface area contributed by atoms with E-state index in [0.29, 0.717) is 245 Å². The molecule has 13 rings (SSSR count). The van der Waals surface area contributed by atoms with Gasteiger partial charge in [-0.2, -0.15) is 0 Å². The molecule has 7 aromatic rings. The molecule has 0 unspecified atom stereocenters. The van der Waals surface area contributed by atoms with Crippen molar-refractivity contribution in [2.24, 2.45) is 0 Å². The summed E-state index contributed by atoms with van der Waals surface area (Å²) in [5.74, 6) is 4.54. The summed E-state index contributed by atoms with van der Waals surface area (Å²) < 4.78 is 121. The Kier molecular flexibility index (Phi) is 22.0. The number of aromatic nitrogens is 8. The van der Waals surface area contributed by atoms with E-state index in [1.807, 2.05) is 48.5 Å². The Balaban J connectivity index is 1.05. The van der Waals surface area contributed by atoms with Crippen LogP contribution in [0.3, 0.4) is 0 Å². The molecule has 0 saturated carbocycles. The number of nitrogens with one attached hydrogen (secondary N) is 2. The molecular weight excluding hydrogens is 1200 g/mol. The van der Waals surface area contributed by atoms with E-state index in [1.54, 1.807) is 0 Å². The molecule has 0 spiro atoms. The number of aromatic amines is 2. The third-order valence-electron chi connectivity index (χ3n) is 14.9. The molecule has 0 fully saturated rings. The molecule has 3 aromatic heterocycles. The van der Waals surface area contributed by atoms with Gasteiger partial charge in [0.1, 0.15) is 75.4 Å². The largest absolute Gasteiger partial charge is 0.487 e. The molecule has 6 aliphatic heterocycles. The fourth-order valence-electron chi connectivity index (χ4n) is 10.6. The zero-order valence-corrected chi connectivity index (χ0v) is 51.1. The average molecular weight is 1280 g/mol. The number of rotatable bonds is 0. The molecule has 6 aliphatic rings. The Bertz CT molecular complexity index is 3560. The lowest BCUT2D eigenvalue weighted by Gasteiger charge is -2.15. The van der Waals surface area contributed by atoms with Gasteiger partial charge >= 0.3 is 0 Å². The molecule has 0 aliphatic carbocycles. The van der Waals surface area contributed by atoms with Crippen LogP contribution in [0.25, 0.3) is 89.7 Å². The van der Waals surface area contributed by atoms with E-state index in [1.165, 1.54) is 0 Å². The number of hydrogen-bond donors (Lipinski definition) is 2. The Morgan fingerprint density at radius 3 is 0.554 bits per heavy atom. The van der Waals surface area contributed by atoms with Gasteiger partial charge in [0.2, 0.25) is 0 Å². The quantitative estimate of drug-likeness (QED) is 0.172. The lowest BCUT2D eigenvalue weighted by Crippen LogP contribution is -2.13. The second-order valence-corrected chi connectivity index (χ2v) is 21.1. The van der Waals surface area contributed by atoms with Gasteiger partial charge in [0.15, 0.2) is 69.3 Å². The molecule has 28 heteroatoms. The van der Waals surface area contributed by atoms with E-state index < -0.39 is 0 Å². The fourth-order valence-corrected chi connectivity index (χ4v) is 10.6. The summed E-state index contributed by atoms with van der Waals surface area (Å²) in [7, 11) is 0. The van der Waals surface area contributed by atoms with Crippen LogP contribution in [0.4, 0.5) is 0 Å². The zero-order valence-electron chi connectivity index (χ0n) is 51.1. The lowest BCUT2D eigenvalue weighted by molar-refractivity contribution is 0.00708. The summed E-state index contributed by atoms with van der Waals surface area (Å²) in [6.07, 6.45) is 0. The second-order valence-electron chi connectivity index (χ2n) is 21.1. The smallest absolute Gasteiger partial charge is 0.164 e. The Morgan fingerprint density at radius 1 is 0.185 bits per heavy atom. The highest BCUT2D eigenvalue weighted by Crippen LogP contribution is 2.46. The molecule has 92 heavy (non-hydrogen) atoms. The van der Waals surface area contributed by atoms with Gasteiger partial charge in [-0.15, -0.1) is 0 Å². The Labute approximate surface area is 528 Å². The van der Waals surface area contributed by atoms with E-state index in [9.17, 15) is 0 Å². The number of fused-ring (bicyclic) bond motifs is 24. The van der Waals surface area contributed by atoms with Crippen molar-refractivity contribution >= 4 is 44.1 Å². The molecule has 0 atom stereocenters. The van der Waals surface area contributed by atoms with Gasteiger partial charge in [0.05, 0.1) is 159 Å².